The number of carbonyl (C=O) groups excluding carboxylic acids is 3. The molecule has 0 unspecified atom stereocenters. The molecule has 1 aliphatic heterocycles. The highest BCUT2D eigenvalue weighted by atomic mass is 35.5. The first-order valence-electron chi connectivity index (χ1n) is 22.2. The maximum absolute atomic E-state index is 13.9. The van der Waals surface area contributed by atoms with Gasteiger partial charge >= 0.3 is 5.97 Å². The summed E-state index contributed by atoms with van der Waals surface area (Å²) in [5, 5.41) is 25.8. The molecular formula is C50H63ClN8O4. The molecule has 1 heterocycles. The van der Waals surface area contributed by atoms with Crippen molar-refractivity contribution in [2.24, 2.45) is 0 Å². The molecule has 0 spiro atoms. The van der Waals surface area contributed by atoms with Crippen molar-refractivity contribution in [1.29, 1.82) is 0 Å². The Bertz CT molecular complexity index is 2310. The Kier molecular flexibility index (Phi) is 18.5. The average Bonchev–Trinajstić information content (AvgIpc) is 3.27. The van der Waals surface area contributed by atoms with Crippen LogP contribution in [0.25, 0.3) is 43.1 Å². The van der Waals surface area contributed by atoms with E-state index >= 15 is 0 Å². The molecule has 0 atom stereocenters. The second-order valence-corrected chi connectivity index (χ2v) is 16.0. The number of carbonyl (C=O) groups is 3. The van der Waals surface area contributed by atoms with Crippen LogP contribution in [0.3, 0.4) is 0 Å². The van der Waals surface area contributed by atoms with Gasteiger partial charge in [0, 0.05) is 91.6 Å². The number of nitrogens with one attached hydrogen (secondary N) is 5. The predicted molar refractivity (Wildman–Crippen MR) is 258 cm³/mol. The van der Waals surface area contributed by atoms with Gasteiger partial charge in [0.15, 0.2) is 0 Å². The van der Waals surface area contributed by atoms with Gasteiger partial charge in [-0.3, -0.25) is 29.1 Å². The third kappa shape index (κ3) is 13.7. The Balaban J connectivity index is 0.00000661. The van der Waals surface area contributed by atoms with Crippen LogP contribution in [0.5, 0.6) is 0 Å². The highest BCUT2D eigenvalue weighted by Gasteiger charge is 2.19. The summed E-state index contributed by atoms with van der Waals surface area (Å²) in [5.74, 6) is -0.450. The lowest BCUT2D eigenvalue weighted by atomic mass is 9.96. The van der Waals surface area contributed by atoms with E-state index in [4.69, 9.17) is 4.74 Å². The van der Waals surface area contributed by atoms with Gasteiger partial charge in [0.1, 0.15) is 0 Å². The summed E-state index contributed by atoms with van der Waals surface area (Å²) >= 11 is 0. The fraction of sp³-hybridized carbons (Fsp3) is 0.380. The van der Waals surface area contributed by atoms with Crippen LogP contribution in [-0.2, 0) is 32.2 Å². The van der Waals surface area contributed by atoms with E-state index in [1.165, 1.54) is 0 Å². The first-order chi connectivity index (χ1) is 30.4. The standard InChI is InChI=1S/C50H62N8O4.ClH/c1-2-62-50(61)37-58(34-47-44-17-9-5-13-40(44)32-41-14-6-10-18-45(41)47)30-26-55-49(60)36-57(33-46-42-15-7-3-11-38(42)31-39-12-4-8-16-43(39)46)29-25-54-48(59)35-56-27-23-52-21-19-51-20-22-53-24-28-56;/h3-18,31-32,51-53H,2,19-30,33-37H2,1H3,(H,54,59)(H,55,60);1H. The minimum absolute atomic E-state index is 0. The largest absolute Gasteiger partial charge is 0.465 e. The van der Waals surface area contributed by atoms with E-state index in [2.05, 4.69) is 126 Å². The molecule has 5 N–H and O–H groups in total. The highest BCUT2D eigenvalue weighted by Crippen LogP contribution is 2.31. The Morgan fingerprint density at radius 3 is 1.41 bits per heavy atom. The van der Waals surface area contributed by atoms with E-state index in [0.717, 1.165) is 107 Å². The number of amides is 2. The van der Waals surface area contributed by atoms with Crippen molar-refractivity contribution in [3.8, 4) is 0 Å². The van der Waals surface area contributed by atoms with E-state index in [9.17, 15) is 14.4 Å². The summed E-state index contributed by atoms with van der Waals surface area (Å²) in [7, 11) is 0. The maximum Gasteiger partial charge on any atom is 0.320 e. The third-order valence-corrected chi connectivity index (χ3v) is 11.6. The number of rotatable bonds is 17. The highest BCUT2D eigenvalue weighted by molar-refractivity contribution is 6.03. The Labute approximate surface area is 377 Å². The molecule has 334 valence electrons. The van der Waals surface area contributed by atoms with Gasteiger partial charge in [-0.25, -0.2) is 0 Å². The average molecular weight is 876 g/mol. The zero-order valence-electron chi connectivity index (χ0n) is 36.5. The van der Waals surface area contributed by atoms with Gasteiger partial charge in [0.25, 0.3) is 0 Å². The lowest BCUT2D eigenvalue weighted by molar-refractivity contribution is -0.144. The molecule has 12 nitrogen and oxygen atoms in total. The molecule has 6 aromatic rings. The molecule has 13 heteroatoms. The Hall–Kier alpha value is -5.18. The van der Waals surface area contributed by atoms with E-state index in [-0.39, 0.29) is 43.3 Å². The summed E-state index contributed by atoms with van der Waals surface area (Å²) in [6, 6.07) is 37.9. The van der Waals surface area contributed by atoms with E-state index in [1.807, 2.05) is 31.2 Å². The van der Waals surface area contributed by atoms with Crippen LogP contribution in [0.1, 0.15) is 18.1 Å². The molecule has 1 saturated heterocycles. The van der Waals surface area contributed by atoms with Gasteiger partial charge in [-0.15, -0.1) is 12.4 Å². The van der Waals surface area contributed by atoms with Crippen LogP contribution in [0, 0.1) is 0 Å². The van der Waals surface area contributed by atoms with Crippen molar-refractivity contribution in [1.82, 2.24) is 41.3 Å². The monoisotopic (exact) mass is 874 g/mol. The lowest BCUT2D eigenvalue weighted by Gasteiger charge is -2.26. The number of halogens is 1. The molecule has 7 rings (SSSR count). The molecule has 1 aliphatic rings. The van der Waals surface area contributed by atoms with Gasteiger partial charge in [-0.2, -0.15) is 0 Å². The van der Waals surface area contributed by atoms with Crippen LogP contribution in [-0.4, -0.2) is 137 Å². The van der Waals surface area contributed by atoms with Gasteiger partial charge in [0.2, 0.25) is 11.8 Å². The zero-order valence-corrected chi connectivity index (χ0v) is 37.3. The summed E-state index contributed by atoms with van der Waals surface area (Å²) in [6.07, 6.45) is 0. The normalized spacial score (nSPS) is 14.3. The summed E-state index contributed by atoms with van der Waals surface area (Å²) < 4.78 is 5.39. The van der Waals surface area contributed by atoms with E-state index < -0.39 is 0 Å². The lowest BCUT2D eigenvalue weighted by Crippen LogP contribution is -2.46. The molecule has 0 bridgehead atoms. The molecule has 1 fully saturated rings. The predicted octanol–water partition coefficient (Wildman–Crippen LogP) is 4.91. The first kappa shape index (κ1) is 47.3. The SMILES string of the molecule is CCOC(=O)CN(CCNC(=O)CN(CCNC(=O)CN1CCNCCNCCNCC1)Cc1c2ccccc2cc2ccccc12)Cc1c2ccccc2cc2ccccc12.Cl. The van der Waals surface area contributed by atoms with Gasteiger partial charge < -0.3 is 31.3 Å². The minimum atomic E-state index is -0.298. The summed E-state index contributed by atoms with van der Waals surface area (Å²) in [5.41, 5.74) is 2.29. The Morgan fingerprint density at radius 2 is 0.968 bits per heavy atom. The molecule has 2 amide bonds. The number of ether oxygens (including phenoxy) is 1. The van der Waals surface area contributed by atoms with Crippen LogP contribution in [0.2, 0.25) is 0 Å². The summed E-state index contributed by atoms with van der Waals surface area (Å²) in [4.78, 5) is 46.6. The van der Waals surface area contributed by atoms with Crippen molar-refractivity contribution < 1.29 is 19.1 Å². The number of benzene rings is 6. The van der Waals surface area contributed by atoms with Crippen LogP contribution >= 0.6 is 12.4 Å². The maximum atomic E-state index is 13.9. The molecule has 6 aromatic carbocycles. The number of fused-ring (bicyclic) bond motifs is 4. The molecule has 0 saturated carbocycles. The van der Waals surface area contributed by atoms with Crippen molar-refractivity contribution >= 4 is 73.3 Å². The fourth-order valence-corrected chi connectivity index (χ4v) is 8.52. The van der Waals surface area contributed by atoms with E-state index in [1.54, 1.807) is 0 Å². The third-order valence-electron chi connectivity index (χ3n) is 11.6. The smallest absolute Gasteiger partial charge is 0.320 e. The van der Waals surface area contributed by atoms with Crippen molar-refractivity contribution in [3.05, 3.63) is 120 Å². The number of hydrogen-bond donors (Lipinski definition) is 5. The molecule has 0 radical (unpaired) electrons. The van der Waals surface area contributed by atoms with Crippen LogP contribution in [0.15, 0.2) is 109 Å². The summed E-state index contributed by atoms with van der Waals surface area (Å²) in [6.45, 7) is 12.2. The number of nitrogens with zero attached hydrogens (tertiary/aromatic N) is 3. The first-order valence-corrected chi connectivity index (χ1v) is 22.2. The molecular weight excluding hydrogens is 812 g/mol. The van der Waals surface area contributed by atoms with E-state index in [0.29, 0.717) is 52.4 Å². The minimum Gasteiger partial charge on any atom is -0.465 e. The van der Waals surface area contributed by atoms with Gasteiger partial charge in [-0.1, -0.05) is 97.1 Å². The zero-order chi connectivity index (χ0) is 42.9. The van der Waals surface area contributed by atoms with Gasteiger partial charge in [0.05, 0.1) is 26.2 Å². The van der Waals surface area contributed by atoms with Crippen molar-refractivity contribution in [2.45, 2.75) is 20.0 Å². The second-order valence-electron chi connectivity index (χ2n) is 16.0. The Morgan fingerprint density at radius 1 is 0.571 bits per heavy atom. The molecule has 0 aromatic heterocycles. The molecule has 0 aliphatic carbocycles. The number of esters is 1. The van der Waals surface area contributed by atoms with Crippen LogP contribution < -0.4 is 26.6 Å². The van der Waals surface area contributed by atoms with Crippen molar-refractivity contribution in [3.63, 3.8) is 0 Å². The fourth-order valence-electron chi connectivity index (χ4n) is 8.52. The van der Waals surface area contributed by atoms with Crippen molar-refractivity contribution in [2.75, 3.05) is 105 Å². The topological polar surface area (TPSA) is 130 Å². The molecule has 63 heavy (non-hydrogen) atoms. The quantitative estimate of drug-likeness (QED) is 0.0638. The van der Waals surface area contributed by atoms with Crippen LogP contribution in [0.4, 0.5) is 0 Å². The van der Waals surface area contributed by atoms with Gasteiger partial charge in [-0.05, 0) is 73.3 Å². The number of hydrogen-bond acceptors (Lipinski definition) is 10. The second kappa shape index (κ2) is 24.6.